The van der Waals surface area contributed by atoms with E-state index >= 15 is 0 Å². The normalized spacial score (nSPS) is 11.0. The largest absolute Gasteiger partial charge is 0.323 e. The van der Waals surface area contributed by atoms with Crippen molar-refractivity contribution in [1.82, 2.24) is 9.97 Å². The number of hydrogen-bond acceptors (Lipinski definition) is 2. The van der Waals surface area contributed by atoms with E-state index in [-0.39, 0.29) is 11.5 Å². The van der Waals surface area contributed by atoms with Gasteiger partial charge in [-0.25, -0.2) is 9.18 Å². The Labute approximate surface area is 134 Å². The van der Waals surface area contributed by atoms with Gasteiger partial charge in [-0.3, -0.25) is 4.79 Å². The van der Waals surface area contributed by atoms with Gasteiger partial charge in [-0.2, -0.15) is 0 Å². The van der Waals surface area contributed by atoms with E-state index in [0.29, 0.717) is 31.1 Å². The molecule has 2 N–H and O–H groups in total. The maximum Gasteiger partial charge on any atom is 0.323 e. The maximum absolute atomic E-state index is 13.1. The molecule has 0 saturated heterocycles. The molecule has 1 aromatic heterocycles. The number of hydrogen-bond donors (Lipinski definition) is 2. The van der Waals surface area contributed by atoms with E-state index < -0.39 is 5.82 Å². The van der Waals surface area contributed by atoms with Crippen molar-refractivity contribution in [3.8, 4) is 0 Å². The highest BCUT2D eigenvalue weighted by Crippen LogP contribution is 2.27. The first-order valence-corrected chi connectivity index (χ1v) is 7.45. The molecule has 3 rings (SSSR count). The number of aromatic nitrogens is 2. The third-order valence-corrected chi connectivity index (χ3v) is 4.34. The molecule has 0 aliphatic carbocycles. The zero-order valence-corrected chi connectivity index (χ0v) is 13.5. The summed E-state index contributed by atoms with van der Waals surface area (Å²) in [5.41, 5.74) is 1.51. The Hall–Kier alpha value is -1.73. The van der Waals surface area contributed by atoms with E-state index in [0.717, 1.165) is 0 Å². The Morgan fingerprint density at radius 2 is 1.57 bits per heavy atom. The molecule has 106 valence electrons. The number of halogens is 3. The van der Waals surface area contributed by atoms with Crippen LogP contribution in [0.4, 0.5) is 4.39 Å². The number of aromatic amines is 2. The van der Waals surface area contributed by atoms with E-state index in [4.69, 9.17) is 0 Å². The Kier molecular flexibility index (Phi) is 3.54. The van der Waals surface area contributed by atoms with E-state index in [1.165, 1.54) is 18.2 Å². The van der Waals surface area contributed by atoms with E-state index in [1.54, 1.807) is 12.1 Å². The molecule has 1 heterocycles. The third-order valence-electron chi connectivity index (χ3n) is 3.02. The van der Waals surface area contributed by atoms with Gasteiger partial charge in [-0.15, -0.1) is 0 Å². The molecule has 0 saturated carbocycles. The molecule has 0 fully saturated rings. The lowest BCUT2D eigenvalue weighted by Crippen LogP contribution is -2.04. The van der Waals surface area contributed by atoms with Gasteiger partial charge in [0, 0.05) is 20.1 Å². The second-order valence-corrected chi connectivity index (χ2v) is 6.12. The molecule has 0 bridgehead atoms. The van der Waals surface area contributed by atoms with Crippen molar-refractivity contribution >= 4 is 48.7 Å². The smallest absolute Gasteiger partial charge is 0.306 e. The SMILES string of the molecule is O=C(c1ccc(F)cc1Br)c1cc2[nH]c(=O)[nH]c2cc1Br. The molecule has 3 aromatic rings. The minimum atomic E-state index is -0.428. The Balaban J connectivity index is 2.16. The van der Waals surface area contributed by atoms with Gasteiger partial charge < -0.3 is 9.97 Å². The summed E-state index contributed by atoms with van der Waals surface area (Å²) in [5, 5.41) is 0. The summed E-state index contributed by atoms with van der Waals surface area (Å²) < 4.78 is 14.0. The van der Waals surface area contributed by atoms with Crippen molar-refractivity contribution in [2.75, 3.05) is 0 Å². The minimum absolute atomic E-state index is 0.280. The molecule has 4 nitrogen and oxygen atoms in total. The van der Waals surface area contributed by atoms with Crippen LogP contribution in [-0.2, 0) is 0 Å². The minimum Gasteiger partial charge on any atom is -0.306 e. The van der Waals surface area contributed by atoms with Crippen LogP contribution in [0.2, 0.25) is 0 Å². The molecule has 0 radical (unpaired) electrons. The summed E-state index contributed by atoms with van der Waals surface area (Å²) in [4.78, 5) is 29.1. The van der Waals surface area contributed by atoms with Crippen LogP contribution in [0.5, 0.6) is 0 Å². The molecule has 0 unspecified atom stereocenters. The number of nitrogens with one attached hydrogen (secondary N) is 2. The number of imidazole rings is 1. The number of H-pyrrole nitrogens is 2. The lowest BCUT2D eigenvalue weighted by molar-refractivity contribution is 0.103. The van der Waals surface area contributed by atoms with Crippen LogP contribution in [0.3, 0.4) is 0 Å². The Bertz CT molecular complexity index is 930. The highest BCUT2D eigenvalue weighted by atomic mass is 79.9. The number of carbonyl (C=O) groups excluding carboxylic acids is 1. The summed E-state index contributed by atoms with van der Waals surface area (Å²) in [6.07, 6.45) is 0. The summed E-state index contributed by atoms with van der Waals surface area (Å²) >= 11 is 6.50. The fourth-order valence-corrected chi connectivity index (χ4v) is 3.10. The van der Waals surface area contributed by atoms with Crippen LogP contribution >= 0.6 is 31.9 Å². The molecule has 7 heteroatoms. The molecule has 0 aliphatic heterocycles. The summed E-state index contributed by atoms with van der Waals surface area (Å²) in [5.74, 6) is -0.708. The van der Waals surface area contributed by atoms with E-state index in [1.807, 2.05) is 0 Å². The first-order valence-electron chi connectivity index (χ1n) is 5.87. The zero-order chi connectivity index (χ0) is 15.1. The number of rotatable bonds is 2. The fraction of sp³-hybridized carbons (Fsp3) is 0. The molecular weight excluding hydrogens is 407 g/mol. The number of fused-ring (bicyclic) bond motifs is 1. The fourth-order valence-electron chi connectivity index (χ4n) is 2.05. The molecule has 0 atom stereocenters. The van der Waals surface area contributed by atoms with Gasteiger partial charge in [-0.05, 0) is 62.2 Å². The zero-order valence-electron chi connectivity index (χ0n) is 10.3. The van der Waals surface area contributed by atoms with Crippen LogP contribution in [0.15, 0.2) is 44.1 Å². The van der Waals surface area contributed by atoms with Crippen molar-refractivity contribution in [2.45, 2.75) is 0 Å². The predicted molar refractivity (Wildman–Crippen MR) is 84.2 cm³/mol. The van der Waals surface area contributed by atoms with Gasteiger partial charge in [0.05, 0.1) is 11.0 Å². The van der Waals surface area contributed by atoms with Crippen molar-refractivity contribution < 1.29 is 9.18 Å². The molecule has 2 aromatic carbocycles. The Morgan fingerprint density at radius 1 is 0.952 bits per heavy atom. The van der Waals surface area contributed by atoms with Gasteiger partial charge in [-0.1, -0.05) is 0 Å². The number of benzene rings is 2. The second-order valence-electron chi connectivity index (χ2n) is 4.41. The number of ketones is 1. The summed E-state index contributed by atoms with van der Waals surface area (Å²) in [7, 11) is 0. The van der Waals surface area contributed by atoms with E-state index in [2.05, 4.69) is 41.8 Å². The lowest BCUT2D eigenvalue weighted by Gasteiger charge is -2.06. The molecule has 0 spiro atoms. The van der Waals surface area contributed by atoms with Gasteiger partial charge in [0.1, 0.15) is 5.82 Å². The monoisotopic (exact) mass is 412 g/mol. The summed E-state index contributed by atoms with van der Waals surface area (Å²) in [6, 6.07) is 7.10. The van der Waals surface area contributed by atoms with Crippen LogP contribution in [0.1, 0.15) is 15.9 Å². The first-order chi connectivity index (χ1) is 9.95. The van der Waals surface area contributed by atoms with Crippen LogP contribution in [0, 0.1) is 5.82 Å². The van der Waals surface area contributed by atoms with Gasteiger partial charge in [0.2, 0.25) is 0 Å². The standard InChI is InChI=1S/C14H7Br2FN2O2/c15-9-3-6(17)1-2-7(9)13(20)8-4-11-12(5-10(8)16)19-14(21)18-11/h1-5H,(H2,18,19,21). The van der Waals surface area contributed by atoms with Crippen LogP contribution in [-0.4, -0.2) is 15.8 Å². The second kappa shape index (κ2) is 5.23. The van der Waals surface area contributed by atoms with Gasteiger partial charge in [0.15, 0.2) is 5.78 Å². The van der Waals surface area contributed by atoms with Crippen molar-refractivity contribution in [3.63, 3.8) is 0 Å². The quantitative estimate of drug-likeness (QED) is 0.628. The lowest BCUT2D eigenvalue weighted by atomic mass is 10.0. The topological polar surface area (TPSA) is 65.7 Å². The first kappa shape index (κ1) is 14.2. The van der Waals surface area contributed by atoms with Crippen molar-refractivity contribution in [2.24, 2.45) is 0 Å². The van der Waals surface area contributed by atoms with Crippen LogP contribution in [0.25, 0.3) is 11.0 Å². The van der Waals surface area contributed by atoms with Crippen LogP contribution < -0.4 is 5.69 Å². The highest BCUT2D eigenvalue weighted by molar-refractivity contribution is 9.11. The van der Waals surface area contributed by atoms with Crippen molar-refractivity contribution in [1.29, 1.82) is 0 Å². The molecular formula is C14H7Br2FN2O2. The Morgan fingerprint density at radius 3 is 2.24 bits per heavy atom. The molecule has 0 aliphatic rings. The highest BCUT2D eigenvalue weighted by Gasteiger charge is 2.17. The predicted octanol–water partition coefficient (Wildman–Crippen LogP) is 3.75. The average Bonchev–Trinajstić information content (AvgIpc) is 2.76. The summed E-state index contributed by atoms with van der Waals surface area (Å²) in [6.45, 7) is 0. The average molecular weight is 414 g/mol. The third kappa shape index (κ3) is 2.58. The maximum atomic E-state index is 13.1. The van der Waals surface area contributed by atoms with Gasteiger partial charge >= 0.3 is 5.69 Å². The molecule has 0 amide bonds. The van der Waals surface area contributed by atoms with Crippen molar-refractivity contribution in [3.05, 3.63) is 66.7 Å². The molecule has 21 heavy (non-hydrogen) atoms. The van der Waals surface area contributed by atoms with Gasteiger partial charge in [0.25, 0.3) is 0 Å². The van der Waals surface area contributed by atoms with E-state index in [9.17, 15) is 14.0 Å². The number of carbonyl (C=O) groups is 1.